The Morgan fingerprint density at radius 2 is 1.96 bits per heavy atom. The number of aliphatic hydroxyl groups is 1. The lowest BCUT2D eigenvalue weighted by Gasteiger charge is -2.13. The summed E-state index contributed by atoms with van der Waals surface area (Å²) in [5.74, 6) is 1.47. The number of aromatic nitrogens is 4. The second-order valence-electron chi connectivity index (χ2n) is 7.25. The number of aryl methyl sites for hydroxylation is 1. The summed E-state index contributed by atoms with van der Waals surface area (Å²) in [4.78, 5) is 16.5. The second kappa shape index (κ2) is 8.43. The Kier molecular flexibility index (Phi) is 6.01. The molecule has 7 heteroatoms. The maximum absolute atomic E-state index is 11.8. The van der Waals surface area contributed by atoms with Crippen LogP contribution in [-0.2, 0) is 4.79 Å². The standard InChI is InChI=1S/C20H27N5O2/c1-13(2)18(27)17(26)11-5-4-8-12-21-19-20-24-23-14(3)25(20)16-10-7-6-9-15(16)22-19/h6-7,9-10,13,18,27H,4-5,8,11-12H2,1-3H3,(H,21,22)/t18-/m0/s1. The van der Waals surface area contributed by atoms with E-state index in [0.29, 0.717) is 6.42 Å². The Morgan fingerprint density at radius 3 is 2.74 bits per heavy atom. The van der Waals surface area contributed by atoms with Crippen molar-refractivity contribution in [1.29, 1.82) is 0 Å². The van der Waals surface area contributed by atoms with Crippen molar-refractivity contribution in [3.8, 4) is 0 Å². The van der Waals surface area contributed by atoms with E-state index in [1.54, 1.807) is 0 Å². The van der Waals surface area contributed by atoms with E-state index in [4.69, 9.17) is 0 Å². The molecule has 1 aromatic carbocycles. The molecule has 0 aliphatic heterocycles. The molecule has 0 bridgehead atoms. The van der Waals surface area contributed by atoms with E-state index in [1.165, 1.54) is 0 Å². The molecule has 2 N–H and O–H groups in total. The summed E-state index contributed by atoms with van der Waals surface area (Å²) in [5, 5.41) is 21.5. The third-order valence-electron chi connectivity index (χ3n) is 4.75. The second-order valence-corrected chi connectivity index (χ2v) is 7.25. The highest BCUT2D eigenvalue weighted by Gasteiger charge is 2.17. The summed E-state index contributed by atoms with van der Waals surface area (Å²) in [6.45, 7) is 6.39. The van der Waals surface area contributed by atoms with Crippen LogP contribution in [0.5, 0.6) is 0 Å². The molecule has 0 fully saturated rings. The number of nitrogens with zero attached hydrogens (tertiary/aromatic N) is 4. The molecule has 3 aromatic rings. The van der Waals surface area contributed by atoms with Gasteiger partial charge in [0, 0.05) is 13.0 Å². The summed E-state index contributed by atoms with van der Waals surface area (Å²) in [6.07, 6.45) is 2.21. The van der Waals surface area contributed by atoms with Crippen molar-refractivity contribution in [3.05, 3.63) is 30.1 Å². The molecule has 0 unspecified atom stereocenters. The van der Waals surface area contributed by atoms with Crippen LogP contribution in [0, 0.1) is 12.8 Å². The summed E-state index contributed by atoms with van der Waals surface area (Å²) in [7, 11) is 0. The van der Waals surface area contributed by atoms with Gasteiger partial charge < -0.3 is 10.4 Å². The number of anilines is 1. The Bertz CT molecular complexity index is 935. The lowest BCUT2D eigenvalue weighted by molar-refractivity contribution is -0.129. The fourth-order valence-corrected chi connectivity index (χ4v) is 3.17. The number of carbonyl (C=O) groups excluding carboxylic acids is 1. The van der Waals surface area contributed by atoms with Crippen LogP contribution >= 0.6 is 0 Å². The lowest BCUT2D eigenvalue weighted by atomic mass is 9.99. The number of unbranched alkanes of at least 4 members (excludes halogenated alkanes) is 2. The van der Waals surface area contributed by atoms with E-state index in [-0.39, 0.29) is 11.7 Å². The highest BCUT2D eigenvalue weighted by Crippen LogP contribution is 2.21. The fourth-order valence-electron chi connectivity index (χ4n) is 3.17. The van der Waals surface area contributed by atoms with Crippen LogP contribution in [0.1, 0.15) is 45.4 Å². The summed E-state index contributed by atoms with van der Waals surface area (Å²) in [5.41, 5.74) is 2.60. The van der Waals surface area contributed by atoms with Gasteiger partial charge in [0.25, 0.3) is 0 Å². The Morgan fingerprint density at radius 1 is 1.19 bits per heavy atom. The monoisotopic (exact) mass is 369 g/mol. The average Bonchev–Trinajstić information content (AvgIpc) is 3.05. The zero-order valence-corrected chi connectivity index (χ0v) is 16.1. The van der Waals surface area contributed by atoms with Gasteiger partial charge in [0.1, 0.15) is 11.9 Å². The molecule has 7 nitrogen and oxygen atoms in total. The minimum atomic E-state index is -0.839. The van der Waals surface area contributed by atoms with Crippen LogP contribution in [0.25, 0.3) is 16.7 Å². The molecule has 0 aliphatic rings. The molecule has 0 spiro atoms. The molecule has 0 aliphatic carbocycles. The molecular weight excluding hydrogens is 342 g/mol. The number of Topliss-reactive ketones (excluding diaryl/α,β-unsaturated/α-hetero) is 1. The number of aliphatic hydroxyl groups excluding tert-OH is 1. The maximum atomic E-state index is 11.8. The fraction of sp³-hybridized carbons (Fsp3) is 0.500. The van der Waals surface area contributed by atoms with Gasteiger partial charge in [-0.25, -0.2) is 4.98 Å². The van der Waals surface area contributed by atoms with E-state index >= 15 is 0 Å². The minimum Gasteiger partial charge on any atom is -0.385 e. The first-order valence-corrected chi connectivity index (χ1v) is 9.54. The van der Waals surface area contributed by atoms with Gasteiger partial charge in [-0.05, 0) is 37.8 Å². The van der Waals surface area contributed by atoms with Crippen LogP contribution in [0.15, 0.2) is 24.3 Å². The van der Waals surface area contributed by atoms with Crippen molar-refractivity contribution in [1.82, 2.24) is 19.6 Å². The van der Waals surface area contributed by atoms with Crippen LogP contribution in [-0.4, -0.2) is 43.1 Å². The largest absolute Gasteiger partial charge is 0.385 e. The zero-order valence-electron chi connectivity index (χ0n) is 16.1. The number of hydrogen-bond donors (Lipinski definition) is 2. The number of fused-ring (bicyclic) bond motifs is 3. The van der Waals surface area contributed by atoms with Crippen molar-refractivity contribution >= 4 is 28.3 Å². The normalized spacial score (nSPS) is 12.8. The molecule has 144 valence electrons. The predicted molar refractivity (Wildman–Crippen MR) is 106 cm³/mol. The van der Waals surface area contributed by atoms with E-state index in [1.807, 2.05) is 49.4 Å². The SMILES string of the molecule is Cc1nnc2c(NCCCCCC(=O)[C@@H](O)C(C)C)nc3ccccc3n12. The lowest BCUT2D eigenvalue weighted by Crippen LogP contribution is -2.25. The maximum Gasteiger partial charge on any atom is 0.204 e. The molecule has 0 radical (unpaired) electrons. The molecule has 2 aromatic heterocycles. The average molecular weight is 369 g/mol. The molecule has 0 saturated heterocycles. The summed E-state index contributed by atoms with van der Waals surface area (Å²) in [6, 6.07) is 7.93. The quantitative estimate of drug-likeness (QED) is 0.563. The van der Waals surface area contributed by atoms with Gasteiger partial charge in [-0.15, -0.1) is 10.2 Å². The highest BCUT2D eigenvalue weighted by atomic mass is 16.3. The van der Waals surface area contributed by atoms with Crippen LogP contribution in [0.3, 0.4) is 0 Å². The van der Waals surface area contributed by atoms with E-state index < -0.39 is 6.10 Å². The number of carbonyl (C=O) groups is 1. The Balaban J connectivity index is 1.57. The predicted octanol–water partition coefficient (Wildman–Crippen LogP) is 3.14. The molecule has 1 atom stereocenters. The van der Waals surface area contributed by atoms with Gasteiger partial charge in [0.15, 0.2) is 11.6 Å². The minimum absolute atomic E-state index is 0.0211. The number of hydrogen-bond acceptors (Lipinski definition) is 6. The molecule has 2 heterocycles. The van der Waals surface area contributed by atoms with Gasteiger partial charge in [-0.1, -0.05) is 32.4 Å². The number of rotatable bonds is 9. The number of benzene rings is 1. The van der Waals surface area contributed by atoms with Crippen molar-refractivity contribution < 1.29 is 9.90 Å². The number of para-hydroxylation sites is 2. The number of ketones is 1. The van der Waals surface area contributed by atoms with Crippen LogP contribution in [0.4, 0.5) is 5.82 Å². The molecule has 3 rings (SSSR count). The first-order valence-electron chi connectivity index (χ1n) is 9.54. The van der Waals surface area contributed by atoms with Crippen molar-refractivity contribution in [2.24, 2.45) is 5.92 Å². The van der Waals surface area contributed by atoms with Crippen LogP contribution in [0.2, 0.25) is 0 Å². The Hall–Kier alpha value is -2.54. The van der Waals surface area contributed by atoms with Gasteiger partial charge in [0.05, 0.1) is 11.0 Å². The van der Waals surface area contributed by atoms with Gasteiger partial charge in [0.2, 0.25) is 5.65 Å². The van der Waals surface area contributed by atoms with Gasteiger partial charge in [-0.3, -0.25) is 9.20 Å². The van der Waals surface area contributed by atoms with Crippen molar-refractivity contribution in [3.63, 3.8) is 0 Å². The third-order valence-corrected chi connectivity index (χ3v) is 4.75. The topological polar surface area (TPSA) is 92.4 Å². The van der Waals surface area contributed by atoms with Gasteiger partial charge in [-0.2, -0.15) is 0 Å². The van der Waals surface area contributed by atoms with Crippen molar-refractivity contribution in [2.45, 2.75) is 52.6 Å². The molecule has 0 saturated carbocycles. The van der Waals surface area contributed by atoms with Gasteiger partial charge >= 0.3 is 0 Å². The van der Waals surface area contributed by atoms with E-state index in [2.05, 4.69) is 20.5 Å². The smallest absolute Gasteiger partial charge is 0.204 e. The summed E-state index contributed by atoms with van der Waals surface area (Å²) >= 11 is 0. The van der Waals surface area contributed by atoms with E-state index in [9.17, 15) is 9.90 Å². The van der Waals surface area contributed by atoms with E-state index in [0.717, 1.165) is 54.1 Å². The van der Waals surface area contributed by atoms with Crippen molar-refractivity contribution in [2.75, 3.05) is 11.9 Å². The molecule has 27 heavy (non-hydrogen) atoms. The first-order chi connectivity index (χ1) is 13.0. The zero-order chi connectivity index (χ0) is 19.4. The molecule has 0 amide bonds. The number of nitrogens with one attached hydrogen (secondary N) is 1. The Labute approximate surface area is 158 Å². The highest BCUT2D eigenvalue weighted by molar-refractivity contribution is 5.83. The van der Waals surface area contributed by atoms with Crippen LogP contribution < -0.4 is 5.32 Å². The summed E-state index contributed by atoms with van der Waals surface area (Å²) < 4.78 is 2.01. The molecular formula is C20H27N5O2. The third kappa shape index (κ3) is 4.24. The first kappa shape index (κ1) is 19.2.